The first-order chi connectivity index (χ1) is 7.01. The maximum atomic E-state index is 3.70. The molecule has 1 saturated heterocycles. The van der Waals surface area contributed by atoms with E-state index >= 15 is 0 Å². The first-order valence-corrected chi connectivity index (χ1v) is 6.47. The van der Waals surface area contributed by atoms with E-state index in [1.54, 1.807) is 0 Å². The van der Waals surface area contributed by atoms with Gasteiger partial charge in [0.05, 0.1) is 0 Å². The predicted molar refractivity (Wildman–Crippen MR) is 67.2 cm³/mol. The third-order valence-corrected chi connectivity index (χ3v) is 3.05. The Morgan fingerprint density at radius 3 is 2.27 bits per heavy atom. The van der Waals surface area contributed by atoms with Crippen molar-refractivity contribution in [2.75, 3.05) is 26.2 Å². The summed E-state index contributed by atoms with van der Waals surface area (Å²) in [7, 11) is 0. The van der Waals surface area contributed by atoms with Crippen molar-refractivity contribution in [1.82, 2.24) is 10.2 Å². The Bertz CT molecular complexity index is 164. The van der Waals surface area contributed by atoms with Crippen LogP contribution in [-0.4, -0.2) is 37.1 Å². The van der Waals surface area contributed by atoms with Crippen LogP contribution in [0.2, 0.25) is 0 Å². The lowest BCUT2D eigenvalue weighted by molar-refractivity contribution is 0.190. The van der Waals surface area contributed by atoms with Crippen molar-refractivity contribution in [3.05, 3.63) is 0 Å². The zero-order valence-corrected chi connectivity index (χ0v) is 11.0. The van der Waals surface area contributed by atoms with E-state index in [1.807, 2.05) is 0 Å². The summed E-state index contributed by atoms with van der Waals surface area (Å²) in [5.74, 6) is 0. The lowest BCUT2D eigenvalue weighted by Crippen LogP contribution is -2.44. The van der Waals surface area contributed by atoms with Crippen LogP contribution in [-0.2, 0) is 0 Å². The summed E-state index contributed by atoms with van der Waals surface area (Å²) < 4.78 is 0. The van der Waals surface area contributed by atoms with Crippen LogP contribution < -0.4 is 5.32 Å². The molecule has 2 nitrogen and oxygen atoms in total. The number of nitrogens with zero attached hydrogens (tertiary/aromatic N) is 1. The Hall–Kier alpha value is -0.0800. The summed E-state index contributed by atoms with van der Waals surface area (Å²) >= 11 is 0. The van der Waals surface area contributed by atoms with Crippen LogP contribution in [0.3, 0.4) is 0 Å². The highest BCUT2D eigenvalue weighted by molar-refractivity contribution is 4.78. The second-order valence-corrected chi connectivity index (χ2v) is 6.06. The molecule has 1 N–H and O–H groups in total. The molecule has 0 atom stereocenters. The summed E-state index contributed by atoms with van der Waals surface area (Å²) in [6, 6.07) is 0.761. The lowest BCUT2D eigenvalue weighted by atomic mass is 9.95. The minimum Gasteiger partial charge on any atom is -0.313 e. The molecule has 0 unspecified atom stereocenters. The zero-order valence-electron chi connectivity index (χ0n) is 11.0. The van der Waals surface area contributed by atoms with Crippen LogP contribution in [0.4, 0.5) is 0 Å². The van der Waals surface area contributed by atoms with Crippen LogP contribution in [0.5, 0.6) is 0 Å². The van der Waals surface area contributed by atoms with E-state index in [-0.39, 0.29) is 0 Å². The fourth-order valence-electron chi connectivity index (χ4n) is 2.13. The van der Waals surface area contributed by atoms with Gasteiger partial charge in [0.15, 0.2) is 0 Å². The van der Waals surface area contributed by atoms with Crippen molar-refractivity contribution in [2.24, 2.45) is 5.41 Å². The average Bonchev–Trinajstić information content (AvgIpc) is 2.16. The second-order valence-electron chi connectivity index (χ2n) is 6.06. The number of rotatable bonds is 4. The topological polar surface area (TPSA) is 15.3 Å². The van der Waals surface area contributed by atoms with Crippen LogP contribution in [0.1, 0.15) is 47.0 Å². The van der Waals surface area contributed by atoms with Gasteiger partial charge >= 0.3 is 0 Å². The zero-order chi connectivity index (χ0) is 11.3. The van der Waals surface area contributed by atoms with Gasteiger partial charge in [0.2, 0.25) is 0 Å². The molecule has 0 aromatic carbocycles. The van der Waals surface area contributed by atoms with Crippen molar-refractivity contribution >= 4 is 0 Å². The van der Waals surface area contributed by atoms with Crippen molar-refractivity contribution in [3.63, 3.8) is 0 Å². The number of hydrogen-bond acceptors (Lipinski definition) is 2. The molecule has 0 saturated carbocycles. The first kappa shape index (κ1) is 13.0. The molecule has 90 valence electrons. The van der Waals surface area contributed by atoms with E-state index in [9.17, 15) is 0 Å². The second kappa shape index (κ2) is 5.86. The quantitative estimate of drug-likeness (QED) is 0.770. The average molecular weight is 212 g/mol. The van der Waals surface area contributed by atoms with Crippen LogP contribution in [0.15, 0.2) is 0 Å². The third-order valence-electron chi connectivity index (χ3n) is 3.05. The molecule has 1 heterocycles. The summed E-state index contributed by atoms with van der Waals surface area (Å²) in [5.41, 5.74) is 0.417. The van der Waals surface area contributed by atoms with Gasteiger partial charge < -0.3 is 10.2 Å². The number of nitrogens with one attached hydrogen (secondary N) is 1. The molecule has 0 aromatic heterocycles. The molecule has 1 aliphatic rings. The summed E-state index contributed by atoms with van der Waals surface area (Å²) in [5, 5.41) is 3.70. The maximum Gasteiger partial charge on any atom is 0.00916 e. The van der Waals surface area contributed by atoms with E-state index in [0.717, 1.165) is 12.6 Å². The minimum atomic E-state index is 0.417. The van der Waals surface area contributed by atoms with Gasteiger partial charge in [-0.2, -0.15) is 0 Å². The summed E-state index contributed by atoms with van der Waals surface area (Å²) in [4.78, 5) is 2.59. The molecule has 0 amide bonds. The third kappa shape index (κ3) is 5.53. The van der Waals surface area contributed by atoms with Crippen molar-refractivity contribution in [1.29, 1.82) is 0 Å². The van der Waals surface area contributed by atoms with Crippen molar-refractivity contribution in [3.8, 4) is 0 Å². The highest BCUT2D eigenvalue weighted by atomic mass is 15.1. The molecular weight excluding hydrogens is 184 g/mol. The Balaban J connectivity index is 2.15. The van der Waals surface area contributed by atoms with Crippen LogP contribution in [0.25, 0.3) is 0 Å². The number of piperidine rings is 1. The van der Waals surface area contributed by atoms with Gasteiger partial charge in [-0.3, -0.25) is 0 Å². The predicted octanol–water partition coefficient (Wildman–Crippen LogP) is 2.50. The van der Waals surface area contributed by atoms with E-state index in [2.05, 4.69) is 37.9 Å². The molecule has 1 rings (SSSR count). The molecule has 0 aromatic rings. The van der Waals surface area contributed by atoms with Crippen LogP contribution >= 0.6 is 0 Å². The van der Waals surface area contributed by atoms with Gasteiger partial charge in [0, 0.05) is 12.6 Å². The molecule has 1 aliphatic heterocycles. The molecule has 0 bridgehead atoms. The molecule has 15 heavy (non-hydrogen) atoms. The highest BCUT2D eigenvalue weighted by Crippen LogP contribution is 2.14. The molecule has 0 spiro atoms. The highest BCUT2D eigenvalue weighted by Gasteiger charge is 2.19. The largest absolute Gasteiger partial charge is 0.313 e. The van der Waals surface area contributed by atoms with Crippen LogP contribution in [0, 0.1) is 5.41 Å². The van der Waals surface area contributed by atoms with Crippen molar-refractivity contribution < 1.29 is 0 Å². The van der Waals surface area contributed by atoms with Gasteiger partial charge in [-0.25, -0.2) is 0 Å². The SMILES string of the molecule is CCCN1CCC(NCC(C)(C)C)CC1. The molecular formula is C13H28N2. The lowest BCUT2D eigenvalue weighted by Gasteiger charge is -2.33. The Morgan fingerprint density at radius 1 is 1.20 bits per heavy atom. The molecule has 1 fully saturated rings. The first-order valence-electron chi connectivity index (χ1n) is 6.47. The number of likely N-dealkylation sites (tertiary alicyclic amines) is 1. The summed E-state index contributed by atoms with van der Waals surface area (Å²) in [6.45, 7) is 14.2. The fraction of sp³-hybridized carbons (Fsp3) is 1.00. The van der Waals surface area contributed by atoms with E-state index in [0.29, 0.717) is 5.41 Å². The normalized spacial score (nSPS) is 20.8. The van der Waals surface area contributed by atoms with Gasteiger partial charge in [-0.1, -0.05) is 27.7 Å². The van der Waals surface area contributed by atoms with Gasteiger partial charge in [-0.05, 0) is 44.3 Å². The Labute approximate surface area is 95.4 Å². The van der Waals surface area contributed by atoms with E-state index < -0.39 is 0 Å². The molecule has 0 aliphatic carbocycles. The van der Waals surface area contributed by atoms with Gasteiger partial charge in [-0.15, -0.1) is 0 Å². The standard InChI is InChI=1S/C13H28N2/c1-5-8-15-9-6-12(7-10-15)14-11-13(2,3)4/h12,14H,5-11H2,1-4H3. The molecule has 2 heteroatoms. The molecule has 0 radical (unpaired) electrons. The minimum absolute atomic E-state index is 0.417. The van der Waals surface area contributed by atoms with Gasteiger partial charge in [0.25, 0.3) is 0 Å². The fourth-order valence-corrected chi connectivity index (χ4v) is 2.13. The van der Waals surface area contributed by atoms with E-state index in [4.69, 9.17) is 0 Å². The van der Waals surface area contributed by atoms with Gasteiger partial charge in [0.1, 0.15) is 0 Å². The number of hydrogen-bond donors (Lipinski definition) is 1. The Kier molecular flexibility index (Phi) is 5.07. The smallest absolute Gasteiger partial charge is 0.00916 e. The monoisotopic (exact) mass is 212 g/mol. The Morgan fingerprint density at radius 2 is 1.80 bits per heavy atom. The summed E-state index contributed by atoms with van der Waals surface area (Å²) in [6.07, 6.45) is 3.95. The van der Waals surface area contributed by atoms with Crippen molar-refractivity contribution in [2.45, 2.75) is 53.0 Å². The maximum absolute atomic E-state index is 3.70. The van der Waals surface area contributed by atoms with E-state index in [1.165, 1.54) is 38.9 Å².